The highest BCUT2D eigenvalue weighted by Gasteiger charge is 2.41. The molecular weight excluding hydrogens is 411 g/mol. The molecule has 1 aliphatic rings. The topological polar surface area (TPSA) is 42.3 Å². The number of aromatic nitrogens is 2. The first-order chi connectivity index (χ1) is 15.0. The number of pyridine rings is 1. The van der Waals surface area contributed by atoms with Crippen LogP contribution in [0.3, 0.4) is 0 Å². The predicted molar refractivity (Wildman–Crippen MR) is 124 cm³/mol. The average Bonchev–Trinajstić information content (AvgIpc) is 3.25. The molecular formula is C24H27FN4OS. The highest BCUT2D eigenvalue weighted by Crippen LogP contribution is 2.41. The SMILES string of the molecule is COCCCN1C(=S)N[C@H](c2ccccn2)[C@H]1c1cc(C)n(-c2ccccc2F)c1C. The maximum Gasteiger partial charge on any atom is 0.170 e. The molecule has 0 amide bonds. The molecule has 7 heteroatoms. The van der Waals surface area contributed by atoms with Gasteiger partial charge in [0, 0.05) is 37.8 Å². The van der Waals surface area contributed by atoms with Crippen LogP contribution in [-0.2, 0) is 4.74 Å². The van der Waals surface area contributed by atoms with Crippen LogP contribution in [0, 0.1) is 19.7 Å². The first kappa shape index (κ1) is 21.5. The summed E-state index contributed by atoms with van der Waals surface area (Å²) in [4.78, 5) is 6.80. The highest BCUT2D eigenvalue weighted by atomic mass is 32.1. The van der Waals surface area contributed by atoms with Gasteiger partial charge in [-0.3, -0.25) is 4.98 Å². The number of rotatable bonds is 7. The zero-order valence-corrected chi connectivity index (χ0v) is 18.8. The van der Waals surface area contributed by atoms with Crippen LogP contribution in [0.25, 0.3) is 5.69 Å². The summed E-state index contributed by atoms with van der Waals surface area (Å²) < 4.78 is 21.9. The Kier molecular flexibility index (Phi) is 6.34. The van der Waals surface area contributed by atoms with E-state index in [4.69, 9.17) is 17.0 Å². The number of thiocarbonyl (C=S) groups is 1. The number of para-hydroxylation sites is 1. The van der Waals surface area contributed by atoms with Crippen molar-refractivity contribution < 1.29 is 9.13 Å². The molecule has 2 atom stereocenters. The Morgan fingerprint density at radius 1 is 1.16 bits per heavy atom. The monoisotopic (exact) mass is 438 g/mol. The number of halogens is 1. The summed E-state index contributed by atoms with van der Waals surface area (Å²) in [5.41, 5.74) is 4.57. The maximum atomic E-state index is 14.6. The van der Waals surface area contributed by atoms with Crippen LogP contribution in [0.4, 0.5) is 4.39 Å². The largest absolute Gasteiger partial charge is 0.385 e. The lowest BCUT2D eigenvalue weighted by Crippen LogP contribution is -2.31. The van der Waals surface area contributed by atoms with Gasteiger partial charge in [0.05, 0.1) is 23.5 Å². The van der Waals surface area contributed by atoms with Gasteiger partial charge in [0.15, 0.2) is 5.11 Å². The van der Waals surface area contributed by atoms with E-state index in [1.807, 2.05) is 48.7 Å². The molecule has 4 rings (SSSR count). The van der Waals surface area contributed by atoms with Gasteiger partial charge in [-0.15, -0.1) is 0 Å². The summed E-state index contributed by atoms with van der Waals surface area (Å²) in [5, 5.41) is 4.17. The van der Waals surface area contributed by atoms with Crippen molar-refractivity contribution in [3.63, 3.8) is 0 Å². The minimum atomic E-state index is -0.242. The van der Waals surface area contributed by atoms with Gasteiger partial charge >= 0.3 is 0 Å². The van der Waals surface area contributed by atoms with Gasteiger partial charge in [-0.2, -0.15) is 0 Å². The van der Waals surface area contributed by atoms with E-state index >= 15 is 0 Å². The number of hydrogen-bond acceptors (Lipinski definition) is 3. The van der Waals surface area contributed by atoms with Crippen molar-refractivity contribution in [3.05, 3.63) is 83.2 Å². The molecule has 31 heavy (non-hydrogen) atoms. The second-order valence-corrected chi connectivity index (χ2v) is 8.17. The molecule has 162 valence electrons. The number of nitrogens with one attached hydrogen (secondary N) is 1. The highest BCUT2D eigenvalue weighted by molar-refractivity contribution is 7.80. The van der Waals surface area contributed by atoms with Crippen molar-refractivity contribution in [2.24, 2.45) is 0 Å². The lowest BCUT2D eigenvalue weighted by Gasteiger charge is -2.28. The number of benzene rings is 1. The second kappa shape index (κ2) is 9.16. The molecule has 1 aromatic carbocycles. The molecule has 1 aliphatic heterocycles. The van der Waals surface area contributed by atoms with Gasteiger partial charge in [0.2, 0.25) is 0 Å². The van der Waals surface area contributed by atoms with Crippen molar-refractivity contribution in [1.29, 1.82) is 0 Å². The third-order valence-electron chi connectivity index (χ3n) is 5.83. The van der Waals surface area contributed by atoms with E-state index in [1.54, 1.807) is 19.4 Å². The molecule has 0 radical (unpaired) electrons. The Bertz CT molecular complexity index is 1070. The standard InChI is InChI=1S/C24H27FN4OS/c1-16-15-18(17(2)29(16)21-11-5-4-9-19(21)25)23-22(20-10-6-7-12-26-20)27-24(31)28(23)13-8-14-30-3/h4-7,9-12,15,22-23H,8,13-14H2,1-3H3,(H,27,31)/t22-,23-/m1/s1. The third-order valence-corrected chi connectivity index (χ3v) is 6.18. The Hall–Kier alpha value is -2.77. The molecule has 2 aromatic heterocycles. The van der Waals surface area contributed by atoms with E-state index in [0.29, 0.717) is 17.4 Å². The maximum absolute atomic E-state index is 14.6. The first-order valence-electron chi connectivity index (χ1n) is 10.4. The number of methoxy groups -OCH3 is 1. The van der Waals surface area contributed by atoms with E-state index in [9.17, 15) is 4.39 Å². The fourth-order valence-electron chi connectivity index (χ4n) is 4.45. The minimum Gasteiger partial charge on any atom is -0.385 e. The van der Waals surface area contributed by atoms with E-state index in [0.717, 1.165) is 35.6 Å². The molecule has 3 aromatic rings. The van der Waals surface area contributed by atoms with Gasteiger partial charge < -0.3 is 19.5 Å². The Labute approximate surface area is 187 Å². The van der Waals surface area contributed by atoms with Crippen LogP contribution < -0.4 is 5.32 Å². The van der Waals surface area contributed by atoms with Crippen LogP contribution in [0.1, 0.15) is 41.1 Å². The third kappa shape index (κ3) is 4.07. The molecule has 1 fully saturated rings. The number of nitrogens with zero attached hydrogens (tertiary/aromatic N) is 3. The Morgan fingerprint density at radius 2 is 1.94 bits per heavy atom. The molecule has 3 heterocycles. The van der Waals surface area contributed by atoms with E-state index in [-0.39, 0.29) is 17.9 Å². The number of ether oxygens (including phenoxy) is 1. The summed E-state index contributed by atoms with van der Waals surface area (Å²) in [6, 6.07) is 14.8. The first-order valence-corrected chi connectivity index (χ1v) is 10.8. The van der Waals surface area contributed by atoms with Crippen LogP contribution in [0.15, 0.2) is 54.7 Å². The average molecular weight is 439 g/mol. The van der Waals surface area contributed by atoms with Gasteiger partial charge in [0.1, 0.15) is 5.82 Å². The molecule has 1 N–H and O–H groups in total. The van der Waals surface area contributed by atoms with Gasteiger partial charge in [-0.1, -0.05) is 18.2 Å². The number of aryl methyl sites for hydroxylation is 1. The van der Waals surface area contributed by atoms with Gasteiger partial charge in [-0.25, -0.2) is 4.39 Å². The molecule has 0 saturated carbocycles. The van der Waals surface area contributed by atoms with Crippen LogP contribution in [-0.4, -0.2) is 39.8 Å². The summed E-state index contributed by atoms with van der Waals surface area (Å²) in [5.74, 6) is -0.242. The molecule has 0 bridgehead atoms. The summed E-state index contributed by atoms with van der Waals surface area (Å²) in [6.45, 7) is 5.47. The van der Waals surface area contributed by atoms with Crippen LogP contribution in [0.5, 0.6) is 0 Å². The Morgan fingerprint density at radius 3 is 2.65 bits per heavy atom. The predicted octanol–water partition coefficient (Wildman–Crippen LogP) is 4.64. The van der Waals surface area contributed by atoms with Crippen molar-refractivity contribution in [2.45, 2.75) is 32.4 Å². The quantitative estimate of drug-likeness (QED) is 0.430. The van der Waals surface area contributed by atoms with Gasteiger partial charge in [-0.05, 0) is 68.4 Å². The summed E-state index contributed by atoms with van der Waals surface area (Å²) >= 11 is 5.72. The normalized spacial score (nSPS) is 18.5. The van der Waals surface area contributed by atoms with Crippen molar-refractivity contribution >= 4 is 17.3 Å². The smallest absolute Gasteiger partial charge is 0.170 e. The molecule has 0 aliphatic carbocycles. The second-order valence-electron chi connectivity index (χ2n) is 7.78. The van der Waals surface area contributed by atoms with E-state index in [1.165, 1.54) is 6.07 Å². The summed E-state index contributed by atoms with van der Waals surface area (Å²) in [7, 11) is 1.71. The van der Waals surface area contributed by atoms with Crippen LogP contribution >= 0.6 is 12.2 Å². The lowest BCUT2D eigenvalue weighted by molar-refractivity contribution is 0.180. The minimum absolute atomic E-state index is 0.0500. The molecule has 1 saturated heterocycles. The number of hydrogen-bond donors (Lipinski definition) is 1. The fraction of sp³-hybridized carbons (Fsp3) is 0.333. The van der Waals surface area contributed by atoms with Crippen molar-refractivity contribution in [2.75, 3.05) is 20.3 Å². The zero-order valence-electron chi connectivity index (χ0n) is 18.0. The molecule has 0 spiro atoms. The van der Waals surface area contributed by atoms with Crippen LogP contribution in [0.2, 0.25) is 0 Å². The molecule has 0 unspecified atom stereocenters. The zero-order chi connectivity index (χ0) is 22.0. The Balaban J connectivity index is 1.80. The van der Waals surface area contributed by atoms with E-state index in [2.05, 4.69) is 21.3 Å². The van der Waals surface area contributed by atoms with Crippen molar-refractivity contribution in [1.82, 2.24) is 19.8 Å². The fourth-order valence-corrected chi connectivity index (χ4v) is 4.79. The summed E-state index contributed by atoms with van der Waals surface area (Å²) in [6.07, 6.45) is 2.66. The lowest BCUT2D eigenvalue weighted by atomic mass is 9.96. The molecule has 5 nitrogen and oxygen atoms in total. The van der Waals surface area contributed by atoms with E-state index < -0.39 is 0 Å². The van der Waals surface area contributed by atoms with Crippen molar-refractivity contribution in [3.8, 4) is 5.69 Å². The van der Waals surface area contributed by atoms with Gasteiger partial charge in [0.25, 0.3) is 0 Å².